The molecule has 0 aromatic heterocycles. The summed E-state index contributed by atoms with van der Waals surface area (Å²) >= 11 is 6.38. The van der Waals surface area contributed by atoms with Crippen molar-refractivity contribution in [2.45, 2.75) is 51.1 Å². The van der Waals surface area contributed by atoms with E-state index in [0.717, 1.165) is 43.8 Å². The van der Waals surface area contributed by atoms with E-state index in [-0.39, 0.29) is 17.5 Å². The molecule has 1 heterocycles. The summed E-state index contributed by atoms with van der Waals surface area (Å²) in [7, 11) is 8.16. The van der Waals surface area contributed by atoms with Crippen LogP contribution < -0.4 is 5.32 Å². The standard InChI is InChI=1S/C19H36ClN5/c1-15(16(2)22-4)19(17-11-7-8-12-18(20)23-17)25(6)24(5)14-10-9-13-21-3/h7,11,15,18-19,21H,8-10,12-14H2,1-6H3. The van der Waals surface area contributed by atoms with Crippen LogP contribution in [0, 0.1) is 5.92 Å². The van der Waals surface area contributed by atoms with Gasteiger partial charge < -0.3 is 5.32 Å². The summed E-state index contributed by atoms with van der Waals surface area (Å²) in [6.45, 7) is 6.40. The van der Waals surface area contributed by atoms with E-state index < -0.39 is 0 Å². The number of alkyl halides is 1. The van der Waals surface area contributed by atoms with Crippen LogP contribution in [0.15, 0.2) is 22.1 Å². The molecule has 0 aromatic carbocycles. The van der Waals surface area contributed by atoms with Crippen LogP contribution in [-0.4, -0.2) is 74.3 Å². The highest BCUT2D eigenvalue weighted by Gasteiger charge is 2.30. The quantitative estimate of drug-likeness (QED) is 0.211. The van der Waals surface area contributed by atoms with E-state index >= 15 is 0 Å². The Bertz CT molecular complexity index is 474. The van der Waals surface area contributed by atoms with Gasteiger partial charge in [0.1, 0.15) is 5.50 Å². The number of nitrogens with zero attached hydrogens (tertiary/aromatic N) is 4. The lowest BCUT2D eigenvalue weighted by atomic mass is 9.92. The molecule has 144 valence electrons. The Morgan fingerprint density at radius 1 is 1.44 bits per heavy atom. The molecule has 0 amide bonds. The summed E-state index contributed by atoms with van der Waals surface area (Å²) in [5.74, 6) is 0.264. The van der Waals surface area contributed by atoms with Crippen molar-refractivity contribution in [1.82, 2.24) is 15.3 Å². The third-order valence-corrected chi connectivity index (χ3v) is 5.35. The molecule has 5 nitrogen and oxygen atoms in total. The maximum Gasteiger partial charge on any atom is 0.124 e. The van der Waals surface area contributed by atoms with Crippen molar-refractivity contribution < 1.29 is 0 Å². The molecule has 0 bridgehead atoms. The van der Waals surface area contributed by atoms with Crippen molar-refractivity contribution in [2.75, 3.05) is 41.3 Å². The predicted molar refractivity (Wildman–Crippen MR) is 111 cm³/mol. The van der Waals surface area contributed by atoms with E-state index in [1.54, 1.807) is 0 Å². The maximum atomic E-state index is 6.38. The highest BCUT2D eigenvalue weighted by atomic mass is 35.5. The van der Waals surface area contributed by atoms with E-state index in [2.05, 4.69) is 60.4 Å². The second-order valence-corrected chi connectivity index (χ2v) is 7.34. The van der Waals surface area contributed by atoms with E-state index in [1.807, 2.05) is 14.1 Å². The Kier molecular flexibility index (Phi) is 10.5. The van der Waals surface area contributed by atoms with Crippen molar-refractivity contribution in [3.05, 3.63) is 12.2 Å². The van der Waals surface area contributed by atoms with Crippen LogP contribution in [0.2, 0.25) is 0 Å². The molecule has 0 spiro atoms. The molecule has 25 heavy (non-hydrogen) atoms. The zero-order valence-corrected chi connectivity index (χ0v) is 17.6. The molecule has 1 rings (SSSR count). The van der Waals surface area contributed by atoms with Gasteiger partial charge in [-0.1, -0.05) is 24.6 Å². The van der Waals surface area contributed by atoms with Crippen molar-refractivity contribution in [1.29, 1.82) is 0 Å². The number of nitrogens with one attached hydrogen (secondary N) is 1. The minimum atomic E-state index is -0.145. The number of hydrogen-bond acceptors (Lipinski definition) is 5. The Labute approximate surface area is 159 Å². The average molecular weight is 370 g/mol. The van der Waals surface area contributed by atoms with Gasteiger partial charge in [-0.15, -0.1) is 0 Å². The van der Waals surface area contributed by atoms with Crippen LogP contribution in [0.5, 0.6) is 0 Å². The number of halogens is 1. The van der Waals surface area contributed by atoms with E-state index in [9.17, 15) is 0 Å². The fourth-order valence-corrected chi connectivity index (χ4v) is 3.34. The maximum absolute atomic E-state index is 6.38. The smallest absolute Gasteiger partial charge is 0.124 e. The first kappa shape index (κ1) is 22.3. The fraction of sp³-hybridized carbons (Fsp3) is 0.789. The normalized spacial score (nSPS) is 21.4. The van der Waals surface area contributed by atoms with Crippen molar-refractivity contribution >= 4 is 23.0 Å². The minimum absolute atomic E-state index is 0.133. The van der Waals surface area contributed by atoms with Gasteiger partial charge in [0, 0.05) is 39.3 Å². The molecule has 6 heteroatoms. The monoisotopic (exact) mass is 369 g/mol. The van der Waals surface area contributed by atoms with Crippen molar-refractivity contribution in [3.8, 4) is 0 Å². The van der Waals surface area contributed by atoms with E-state index in [4.69, 9.17) is 16.6 Å². The fourth-order valence-electron chi connectivity index (χ4n) is 3.10. The van der Waals surface area contributed by atoms with Crippen LogP contribution in [-0.2, 0) is 0 Å². The number of hydrazine groups is 1. The van der Waals surface area contributed by atoms with Gasteiger partial charge >= 0.3 is 0 Å². The molecule has 3 atom stereocenters. The van der Waals surface area contributed by atoms with Gasteiger partial charge in [0.15, 0.2) is 0 Å². The summed E-state index contributed by atoms with van der Waals surface area (Å²) < 4.78 is 0. The molecule has 0 fully saturated rings. The first-order valence-corrected chi connectivity index (χ1v) is 9.76. The lowest BCUT2D eigenvalue weighted by Crippen LogP contribution is -2.52. The molecule has 0 radical (unpaired) electrons. The lowest BCUT2D eigenvalue weighted by Gasteiger charge is -2.39. The van der Waals surface area contributed by atoms with Crippen LogP contribution in [0.25, 0.3) is 0 Å². The number of unbranched alkanes of at least 4 members (excludes halogenated alkanes) is 1. The molecule has 1 N–H and O–H groups in total. The third kappa shape index (κ3) is 7.18. The lowest BCUT2D eigenvalue weighted by molar-refractivity contribution is -0.000598. The molecule has 0 saturated heterocycles. The minimum Gasteiger partial charge on any atom is -0.320 e. The summed E-state index contributed by atoms with van der Waals surface area (Å²) in [4.78, 5) is 9.22. The van der Waals surface area contributed by atoms with Crippen LogP contribution >= 0.6 is 11.6 Å². The van der Waals surface area contributed by atoms with Gasteiger partial charge in [-0.3, -0.25) is 9.98 Å². The second-order valence-electron chi connectivity index (χ2n) is 6.83. The molecule has 0 saturated carbocycles. The summed E-state index contributed by atoms with van der Waals surface area (Å²) in [6.07, 6.45) is 8.55. The third-order valence-electron chi connectivity index (χ3n) is 5.04. The SMILES string of the molecule is CN=C(C)C(C)C(C1=NC(Cl)CCC=C1)N(C)N(C)CCCCNC. The zero-order chi connectivity index (χ0) is 18.8. The van der Waals surface area contributed by atoms with Crippen LogP contribution in [0.1, 0.15) is 39.5 Å². The summed E-state index contributed by atoms with van der Waals surface area (Å²) in [5, 5.41) is 7.81. The predicted octanol–water partition coefficient (Wildman–Crippen LogP) is 3.22. The highest BCUT2D eigenvalue weighted by molar-refractivity contribution is 6.21. The Hall–Kier alpha value is -0.750. The molecule has 1 aliphatic rings. The summed E-state index contributed by atoms with van der Waals surface area (Å²) in [5.41, 5.74) is 2.04. The van der Waals surface area contributed by atoms with Crippen molar-refractivity contribution in [3.63, 3.8) is 0 Å². The number of hydrogen-bond donors (Lipinski definition) is 1. The highest BCUT2D eigenvalue weighted by Crippen LogP contribution is 2.21. The van der Waals surface area contributed by atoms with Crippen LogP contribution in [0.4, 0.5) is 0 Å². The Morgan fingerprint density at radius 3 is 2.80 bits per heavy atom. The first-order chi connectivity index (χ1) is 11.9. The first-order valence-electron chi connectivity index (χ1n) is 9.32. The van der Waals surface area contributed by atoms with Crippen LogP contribution in [0.3, 0.4) is 0 Å². The summed E-state index contributed by atoms with van der Waals surface area (Å²) in [6, 6.07) is 0.133. The van der Waals surface area contributed by atoms with E-state index in [0.29, 0.717) is 0 Å². The van der Waals surface area contributed by atoms with Gasteiger partial charge in [-0.2, -0.15) is 0 Å². The Balaban J connectivity index is 2.97. The molecular weight excluding hydrogens is 334 g/mol. The van der Waals surface area contributed by atoms with Gasteiger partial charge in [0.25, 0.3) is 0 Å². The average Bonchev–Trinajstić information content (AvgIpc) is 2.82. The van der Waals surface area contributed by atoms with Gasteiger partial charge in [-0.05, 0) is 52.3 Å². The van der Waals surface area contributed by atoms with Gasteiger partial charge in [0.2, 0.25) is 0 Å². The van der Waals surface area contributed by atoms with E-state index in [1.165, 1.54) is 6.42 Å². The Morgan fingerprint density at radius 2 is 2.16 bits per heavy atom. The molecule has 3 unspecified atom stereocenters. The molecular formula is C19H36ClN5. The number of allylic oxidation sites excluding steroid dienone is 1. The van der Waals surface area contributed by atoms with Crippen molar-refractivity contribution in [2.24, 2.45) is 15.9 Å². The number of rotatable bonds is 10. The molecule has 1 aliphatic heterocycles. The zero-order valence-electron chi connectivity index (χ0n) is 16.8. The number of aliphatic imine (C=N–C) groups is 2. The molecule has 0 aliphatic carbocycles. The largest absolute Gasteiger partial charge is 0.320 e. The molecule has 0 aromatic rings. The van der Waals surface area contributed by atoms with Gasteiger partial charge in [-0.25, -0.2) is 10.0 Å². The topological polar surface area (TPSA) is 43.2 Å². The second kappa shape index (κ2) is 11.8. The van der Waals surface area contributed by atoms with Gasteiger partial charge in [0.05, 0.1) is 11.8 Å².